The van der Waals surface area contributed by atoms with Crippen molar-refractivity contribution in [2.45, 2.75) is 133 Å². The molecule has 0 unspecified atom stereocenters. The molecule has 19 nitrogen and oxygen atoms in total. The summed E-state index contributed by atoms with van der Waals surface area (Å²) in [5.41, 5.74) is 16.8. The number of aliphatic hydroxyl groups excluding tert-OH is 6. The number of amides is 1. The van der Waals surface area contributed by atoms with E-state index >= 15 is 0 Å². The molecule has 0 saturated carbocycles. The average molecular weight is 779 g/mol. The molecule has 0 radical (unpaired) electrons. The lowest BCUT2D eigenvalue weighted by molar-refractivity contribution is -0.135. The monoisotopic (exact) mass is 778 g/mol. The molecule has 1 amide bonds. The summed E-state index contributed by atoms with van der Waals surface area (Å²) in [6.45, 7) is 4.13. The zero-order valence-corrected chi connectivity index (χ0v) is 31.3. The van der Waals surface area contributed by atoms with E-state index in [0.717, 1.165) is 51.4 Å². The van der Waals surface area contributed by atoms with E-state index in [1.807, 2.05) is 0 Å². The first-order chi connectivity index (χ1) is 25.2. The maximum absolute atomic E-state index is 12.3. The first-order valence-corrected chi connectivity index (χ1v) is 18.6. The second kappa shape index (κ2) is 22.8. The molecule has 2 fully saturated rings. The fourth-order valence-corrected chi connectivity index (χ4v) is 6.20. The van der Waals surface area contributed by atoms with Gasteiger partial charge in [0.25, 0.3) is 5.91 Å². The van der Waals surface area contributed by atoms with Gasteiger partial charge >= 0.3 is 0 Å². The molecule has 0 bridgehead atoms. The number of nitrogens with zero attached hydrogens (tertiary/aromatic N) is 4. The Hall–Kier alpha value is -2.53. The third-order valence-electron chi connectivity index (χ3n) is 9.14. The summed E-state index contributed by atoms with van der Waals surface area (Å²) in [6.07, 6.45) is -2.96. The lowest BCUT2D eigenvalue weighted by Gasteiger charge is -2.33. The fraction of sp³-hybridized carbons (Fsp3) is 0.818. The van der Waals surface area contributed by atoms with Gasteiger partial charge in [0.1, 0.15) is 36.6 Å². The number of carbonyl (C=O) groups is 1. The van der Waals surface area contributed by atoms with Crippen LogP contribution in [0.2, 0.25) is 5.15 Å². The zero-order valence-electron chi connectivity index (χ0n) is 30.5. The normalized spacial score (nSPS) is 24.2. The molecule has 53 heavy (non-hydrogen) atoms. The zero-order chi connectivity index (χ0) is 39.1. The summed E-state index contributed by atoms with van der Waals surface area (Å²) in [5, 5.41) is 66.4. The van der Waals surface area contributed by atoms with E-state index in [2.05, 4.69) is 20.3 Å². The van der Waals surface area contributed by atoms with Gasteiger partial charge < -0.3 is 66.8 Å². The number of halogens is 1. The predicted molar refractivity (Wildman–Crippen MR) is 194 cm³/mol. The highest BCUT2D eigenvalue weighted by molar-refractivity contribution is 6.31. The van der Waals surface area contributed by atoms with Crippen molar-refractivity contribution in [2.75, 3.05) is 50.9 Å². The number of carbonyl (C=O) groups excluding carboxylic acids is 1. The largest absolute Gasteiger partial charge is 0.389 e. The van der Waals surface area contributed by atoms with E-state index in [1.165, 1.54) is 0 Å². The fourth-order valence-electron chi connectivity index (χ4n) is 6.07. The van der Waals surface area contributed by atoms with Gasteiger partial charge in [0.15, 0.2) is 41.0 Å². The van der Waals surface area contributed by atoms with Gasteiger partial charge in [-0.25, -0.2) is 9.97 Å². The van der Waals surface area contributed by atoms with E-state index in [0.29, 0.717) is 19.5 Å². The van der Waals surface area contributed by atoms with Crippen LogP contribution < -0.4 is 22.5 Å². The Kier molecular flexibility index (Phi) is 19.3. The van der Waals surface area contributed by atoms with Gasteiger partial charge in [-0.15, -0.1) is 0 Å². The highest BCUT2D eigenvalue weighted by Crippen LogP contribution is 2.21. The Morgan fingerprint density at radius 2 is 1.28 bits per heavy atom. The number of guanidine groups is 1. The van der Waals surface area contributed by atoms with Crippen LogP contribution in [-0.4, -0.2) is 158 Å². The van der Waals surface area contributed by atoms with Gasteiger partial charge in [-0.2, -0.15) is 0 Å². The number of unbranched alkanes of at least 4 members (excludes halogenated alkanes) is 8. The minimum absolute atomic E-state index is 0.0684. The van der Waals surface area contributed by atoms with E-state index in [4.69, 9.17) is 47.7 Å². The second-order valence-corrected chi connectivity index (χ2v) is 13.9. The Morgan fingerprint density at radius 1 is 0.811 bits per heavy atom. The second-order valence-electron chi connectivity index (χ2n) is 13.5. The summed E-state index contributed by atoms with van der Waals surface area (Å²) in [4.78, 5) is 25.8. The summed E-state index contributed by atoms with van der Waals surface area (Å²) in [5.74, 6) is -1.01. The summed E-state index contributed by atoms with van der Waals surface area (Å²) < 4.78 is 21.5. The Bertz CT molecular complexity index is 1250. The van der Waals surface area contributed by atoms with Crippen molar-refractivity contribution in [3.8, 4) is 0 Å². The lowest BCUT2D eigenvalue weighted by atomic mass is 10.0. The minimum atomic E-state index is -1.55. The van der Waals surface area contributed by atoms with E-state index in [1.54, 1.807) is 18.7 Å². The number of aromatic nitrogens is 2. The molecule has 0 aliphatic carbocycles. The summed E-state index contributed by atoms with van der Waals surface area (Å²) in [6, 6.07) is 0. The predicted octanol–water partition coefficient (Wildman–Crippen LogP) is -1.16. The van der Waals surface area contributed by atoms with Gasteiger partial charge in [0, 0.05) is 19.6 Å². The lowest BCUT2D eigenvalue weighted by Crippen LogP contribution is -2.53. The molecule has 10 atom stereocenters. The van der Waals surface area contributed by atoms with Crippen LogP contribution in [0, 0.1) is 0 Å². The molecule has 2 saturated heterocycles. The van der Waals surface area contributed by atoms with Crippen molar-refractivity contribution >= 4 is 35.1 Å². The van der Waals surface area contributed by atoms with E-state index in [9.17, 15) is 35.4 Å². The number of rotatable bonds is 23. The molecule has 3 heterocycles. The number of ether oxygens (including phenoxy) is 4. The molecule has 0 spiro atoms. The minimum Gasteiger partial charge on any atom is -0.389 e. The maximum atomic E-state index is 12.3. The number of nitrogens with two attached hydrogens (primary N) is 3. The topological polar surface area (TPSA) is 307 Å². The third-order valence-corrected chi connectivity index (χ3v) is 9.42. The van der Waals surface area contributed by atoms with Crippen LogP contribution in [0.1, 0.15) is 82.1 Å². The number of hydrogen-bond acceptors (Lipinski definition) is 17. The molecule has 13 N–H and O–H groups in total. The number of aliphatic imine (C=N–C) groups is 1. The molecule has 20 heteroatoms. The highest BCUT2D eigenvalue weighted by Gasteiger charge is 2.39. The van der Waals surface area contributed by atoms with Crippen LogP contribution in [-0.2, 0) is 18.9 Å². The van der Waals surface area contributed by atoms with Crippen molar-refractivity contribution in [3.63, 3.8) is 0 Å². The quantitative estimate of drug-likeness (QED) is 0.0356. The van der Waals surface area contributed by atoms with Crippen LogP contribution in [0.25, 0.3) is 0 Å². The van der Waals surface area contributed by atoms with Gasteiger partial charge in [0.05, 0.1) is 25.4 Å². The number of nitrogen functional groups attached to an aromatic ring is 2. The average Bonchev–Trinajstić information content (AvgIpc) is 3.76. The van der Waals surface area contributed by atoms with Crippen molar-refractivity contribution < 1.29 is 54.4 Å². The number of hydrogen-bond donors (Lipinski definition) is 10. The SMILES string of the molecule is C[C@@H]1OC[C@@H]([C@@H](O)[C@H](O)[C@@H](O)CN(CCCCCCCCCCCN=C(N)NC(=O)c2nc(Cl)c(N)nc2N)C[C@H](O)[C@@H](O)[C@H](O)[C@H]2CO[C@@H](C)O2)O1. The maximum Gasteiger partial charge on any atom is 0.280 e. The van der Waals surface area contributed by atoms with Gasteiger partial charge in [0.2, 0.25) is 0 Å². The number of nitrogens with one attached hydrogen (secondary N) is 1. The van der Waals surface area contributed by atoms with Gasteiger partial charge in [-0.05, 0) is 33.2 Å². The third kappa shape index (κ3) is 14.9. The van der Waals surface area contributed by atoms with Crippen LogP contribution >= 0.6 is 11.6 Å². The first kappa shape index (κ1) is 44.9. The van der Waals surface area contributed by atoms with Crippen molar-refractivity contribution in [1.82, 2.24) is 20.2 Å². The molecular weight excluding hydrogens is 720 g/mol. The number of anilines is 2. The molecule has 1 aromatic rings. The molecule has 2 aliphatic heterocycles. The summed E-state index contributed by atoms with van der Waals surface area (Å²) in [7, 11) is 0. The van der Waals surface area contributed by atoms with E-state index < -0.39 is 67.3 Å². The highest BCUT2D eigenvalue weighted by atomic mass is 35.5. The van der Waals surface area contributed by atoms with Crippen molar-refractivity contribution in [3.05, 3.63) is 10.8 Å². The van der Waals surface area contributed by atoms with Crippen LogP contribution in [0.3, 0.4) is 0 Å². The Morgan fingerprint density at radius 3 is 1.75 bits per heavy atom. The molecule has 0 aromatic carbocycles. The molecule has 2 aliphatic rings. The molecule has 1 aromatic heterocycles. The molecular formula is C33H59ClN8O11. The van der Waals surface area contributed by atoms with Crippen molar-refractivity contribution in [2.24, 2.45) is 10.7 Å². The van der Waals surface area contributed by atoms with Gasteiger partial charge in [-0.3, -0.25) is 20.0 Å². The smallest absolute Gasteiger partial charge is 0.280 e. The molecule has 304 valence electrons. The van der Waals surface area contributed by atoms with Crippen LogP contribution in [0.15, 0.2) is 4.99 Å². The Balaban J connectivity index is 1.34. The Labute approximate surface area is 314 Å². The van der Waals surface area contributed by atoms with Gasteiger partial charge in [-0.1, -0.05) is 56.5 Å². The van der Waals surface area contributed by atoms with E-state index in [-0.39, 0.29) is 54.7 Å². The molecule has 3 rings (SSSR count). The van der Waals surface area contributed by atoms with Crippen LogP contribution in [0.5, 0.6) is 0 Å². The summed E-state index contributed by atoms with van der Waals surface area (Å²) >= 11 is 5.81. The van der Waals surface area contributed by atoms with Crippen molar-refractivity contribution in [1.29, 1.82) is 0 Å². The number of aliphatic hydroxyl groups is 6. The van der Waals surface area contributed by atoms with Crippen LogP contribution in [0.4, 0.5) is 11.6 Å². The standard InChI is InChI=1S/C33H59ClN8O11/c1-18-50-16-22(52-18)27(47)25(45)20(43)14-42(15-21(44)26(46)28(48)23-17-51-19(2)53-23)13-11-9-7-5-3-4-6-8-10-12-38-33(37)41-32(49)24-30(35)40-31(36)29(34)39-24/h18-23,25-28,43-48H,3-17H2,1-2H3,(H4,35,36,40)(H3,37,38,41,49)/t18-,19-,20+,21+,22-,23+,25-,26-,27-,28-/m1/s1. The first-order valence-electron chi connectivity index (χ1n) is 18.2.